The fraction of sp³-hybridized carbons (Fsp3) is 0.286. The van der Waals surface area contributed by atoms with Crippen molar-refractivity contribution >= 4 is 45.9 Å². The molecule has 0 aliphatic carbocycles. The Morgan fingerprint density at radius 1 is 1.07 bits per heavy atom. The largest absolute Gasteiger partial charge is 0.497 e. The number of anilines is 4. The Balaban J connectivity index is 1.53. The van der Waals surface area contributed by atoms with E-state index in [-0.39, 0.29) is 5.75 Å². The highest BCUT2D eigenvalue weighted by Gasteiger charge is 2.15. The summed E-state index contributed by atoms with van der Waals surface area (Å²) in [5, 5.41) is 21.9. The molecule has 216 valence electrons. The fourth-order valence-electron chi connectivity index (χ4n) is 4.20. The summed E-state index contributed by atoms with van der Waals surface area (Å²) in [5.74, 6) is 0.265. The van der Waals surface area contributed by atoms with E-state index < -0.39 is 18.6 Å². The Labute approximate surface area is 237 Å². The highest BCUT2D eigenvalue weighted by molar-refractivity contribution is 6.01. The molecule has 0 saturated heterocycles. The number of carboxylic acid groups (broad SMARTS) is 1. The van der Waals surface area contributed by atoms with Crippen LogP contribution in [0.1, 0.15) is 12.0 Å². The number of hydrogen-bond acceptors (Lipinski definition) is 9. The summed E-state index contributed by atoms with van der Waals surface area (Å²) in [4.78, 5) is 38.1. The Bertz CT molecular complexity index is 1470. The van der Waals surface area contributed by atoms with Gasteiger partial charge in [0.1, 0.15) is 29.3 Å². The Kier molecular flexibility index (Phi) is 9.91. The molecule has 0 aliphatic heterocycles. The zero-order chi connectivity index (χ0) is 29.2. The molecule has 0 radical (unpaired) electrons. The van der Waals surface area contributed by atoms with Gasteiger partial charge in [0.2, 0.25) is 0 Å². The number of H-pyrrole nitrogens is 1. The maximum atomic E-state index is 12.7. The molecule has 4 aromatic rings. The average molecular weight is 563 g/mol. The van der Waals surface area contributed by atoms with Crippen LogP contribution in [0.3, 0.4) is 0 Å². The van der Waals surface area contributed by atoms with Crippen molar-refractivity contribution in [2.75, 3.05) is 56.9 Å². The van der Waals surface area contributed by atoms with Crippen LogP contribution in [-0.2, 0) is 11.3 Å². The number of nitrogens with one attached hydrogen (secondary N) is 5. The summed E-state index contributed by atoms with van der Waals surface area (Å²) in [5.41, 5.74) is 3.16. The first kappa shape index (κ1) is 29.1. The fourth-order valence-corrected chi connectivity index (χ4v) is 4.20. The predicted octanol–water partition coefficient (Wildman–Crippen LogP) is 3.86. The number of carboxylic acids is 1. The number of fused-ring (bicyclic) bond motifs is 1. The van der Waals surface area contributed by atoms with Crippen LogP contribution in [0.15, 0.2) is 55.0 Å². The summed E-state index contributed by atoms with van der Waals surface area (Å²) in [6, 6.07) is 11.3. The summed E-state index contributed by atoms with van der Waals surface area (Å²) < 4.78 is 10.6. The number of aliphatic carboxylic acids is 1. The van der Waals surface area contributed by atoms with Crippen LogP contribution in [0.2, 0.25) is 0 Å². The lowest BCUT2D eigenvalue weighted by Crippen LogP contribution is -2.22. The van der Waals surface area contributed by atoms with Gasteiger partial charge >= 0.3 is 12.0 Å². The van der Waals surface area contributed by atoms with Crippen LogP contribution in [0.5, 0.6) is 11.5 Å². The Morgan fingerprint density at radius 2 is 1.85 bits per heavy atom. The van der Waals surface area contributed by atoms with E-state index in [0.29, 0.717) is 40.8 Å². The molecule has 4 rings (SSSR count). The highest BCUT2D eigenvalue weighted by atomic mass is 16.5. The van der Waals surface area contributed by atoms with E-state index in [4.69, 9.17) is 9.47 Å². The lowest BCUT2D eigenvalue weighted by molar-refractivity contribution is -0.139. The number of amides is 2. The summed E-state index contributed by atoms with van der Waals surface area (Å²) in [7, 11) is 5.56. The number of nitrogens with zero attached hydrogens (tertiary/aromatic N) is 3. The molecule has 2 aromatic heterocycles. The number of rotatable bonds is 14. The van der Waals surface area contributed by atoms with E-state index in [2.05, 4.69) is 48.2 Å². The summed E-state index contributed by atoms with van der Waals surface area (Å²) in [6.07, 6.45) is 4.41. The number of carbonyl (C=O) groups excluding carboxylic acids is 1. The molecule has 6 N–H and O–H groups in total. The van der Waals surface area contributed by atoms with Crippen LogP contribution in [0, 0.1) is 0 Å². The normalized spacial score (nSPS) is 10.9. The molecule has 0 fully saturated rings. The molecule has 0 saturated carbocycles. The van der Waals surface area contributed by atoms with Crippen LogP contribution in [0.4, 0.5) is 27.7 Å². The second kappa shape index (κ2) is 14.0. The van der Waals surface area contributed by atoms with E-state index in [1.165, 1.54) is 6.33 Å². The van der Waals surface area contributed by atoms with Gasteiger partial charge in [0.15, 0.2) is 6.61 Å². The molecule has 0 spiro atoms. The van der Waals surface area contributed by atoms with Gasteiger partial charge in [-0.25, -0.2) is 19.6 Å². The molecule has 2 aromatic carbocycles. The van der Waals surface area contributed by atoms with Crippen molar-refractivity contribution in [1.82, 2.24) is 25.2 Å². The summed E-state index contributed by atoms with van der Waals surface area (Å²) in [6.45, 7) is 1.98. The SMILES string of the molecule is CNCCCN(C)Cc1c[nH]c2ncnc(Nc3ccc(NC(=O)Nc4ccc(OC)cc4)c(OCC(=O)O)c3)c12. The number of aromatic amines is 1. The van der Waals surface area contributed by atoms with Gasteiger partial charge in [-0.05, 0) is 75.6 Å². The summed E-state index contributed by atoms with van der Waals surface area (Å²) >= 11 is 0. The first-order valence-corrected chi connectivity index (χ1v) is 13.0. The lowest BCUT2D eigenvalue weighted by Gasteiger charge is -2.17. The number of hydrogen-bond donors (Lipinski definition) is 6. The zero-order valence-corrected chi connectivity index (χ0v) is 23.2. The van der Waals surface area contributed by atoms with Crippen molar-refractivity contribution in [1.29, 1.82) is 0 Å². The minimum absolute atomic E-state index is 0.172. The van der Waals surface area contributed by atoms with Gasteiger partial charge < -0.3 is 45.7 Å². The standard InChI is InChI=1S/C28H34N8O5/c1-29-11-4-12-36(2)15-18-14-30-26-25(18)27(32-17-31-26)33-20-7-10-22(23(13-20)41-16-24(37)38)35-28(39)34-19-5-8-21(40-3)9-6-19/h5-10,13-14,17,29H,4,11-12,15-16H2,1-3H3,(H,37,38)(H2,34,35,39)(H2,30,31,32,33). The van der Waals surface area contributed by atoms with Crippen molar-refractivity contribution in [2.45, 2.75) is 13.0 Å². The first-order chi connectivity index (χ1) is 19.9. The molecule has 0 atom stereocenters. The quantitative estimate of drug-likeness (QED) is 0.124. The monoisotopic (exact) mass is 562 g/mol. The molecule has 0 aliphatic rings. The van der Waals surface area contributed by atoms with Crippen molar-refractivity contribution in [2.24, 2.45) is 0 Å². The minimum Gasteiger partial charge on any atom is -0.497 e. The topological polar surface area (TPSA) is 166 Å². The van der Waals surface area contributed by atoms with Gasteiger partial charge in [-0.1, -0.05) is 0 Å². The molecule has 0 unspecified atom stereocenters. The van der Waals surface area contributed by atoms with Gasteiger partial charge in [0, 0.05) is 30.2 Å². The van der Waals surface area contributed by atoms with Crippen molar-refractivity contribution in [3.8, 4) is 11.5 Å². The smallest absolute Gasteiger partial charge is 0.341 e. The van der Waals surface area contributed by atoms with Gasteiger partial charge in [-0.15, -0.1) is 0 Å². The average Bonchev–Trinajstić information content (AvgIpc) is 3.37. The molecule has 13 nitrogen and oxygen atoms in total. The van der Waals surface area contributed by atoms with E-state index in [0.717, 1.165) is 30.5 Å². The minimum atomic E-state index is -1.15. The first-order valence-electron chi connectivity index (χ1n) is 13.0. The van der Waals surface area contributed by atoms with Gasteiger partial charge in [-0.3, -0.25) is 0 Å². The van der Waals surface area contributed by atoms with Gasteiger partial charge in [0.05, 0.1) is 18.2 Å². The van der Waals surface area contributed by atoms with Crippen molar-refractivity contribution < 1.29 is 24.2 Å². The molecule has 41 heavy (non-hydrogen) atoms. The maximum absolute atomic E-state index is 12.7. The predicted molar refractivity (Wildman–Crippen MR) is 157 cm³/mol. The molecule has 13 heteroatoms. The van der Waals surface area contributed by atoms with E-state index in [1.54, 1.807) is 49.6 Å². The van der Waals surface area contributed by atoms with Gasteiger partial charge in [0.25, 0.3) is 0 Å². The van der Waals surface area contributed by atoms with Crippen LogP contribution in [-0.4, -0.2) is 77.9 Å². The Hall–Kier alpha value is -4.88. The highest BCUT2D eigenvalue weighted by Crippen LogP contribution is 2.32. The number of aromatic nitrogens is 3. The Morgan fingerprint density at radius 3 is 2.59 bits per heavy atom. The third-order valence-corrected chi connectivity index (χ3v) is 6.15. The van der Waals surface area contributed by atoms with Crippen LogP contribution >= 0.6 is 0 Å². The van der Waals surface area contributed by atoms with Crippen molar-refractivity contribution in [3.05, 3.63) is 60.6 Å². The van der Waals surface area contributed by atoms with Crippen LogP contribution in [0.25, 0.3) is 11.0 Å². The molecular weight excluding hydrogens is 528 g/mol. The van der Waals surface area contributed by atoms with Gasteiger partial charge in [-0.2, -0.15) is 0 Å². The number of benzene rings is 2. The molecule has 2 amide bonds. The second-order valence-electron chi connectivity index (χ2n) is 9.28. The third kappa shape index (κ3) is 8.06. The lowest BCUT2D eigenvalue weighted by atomic mass is 10.2. The number of ether oxygens (including phenoxy) is 2. The van der Waals surface area contributed by atoms with E-state index >= 15 is 0 Å². The number of urea groups is 1. The van der Waals surface area contributed by atoms with Crippen molar-refractivity contribution in [3.63, 3.8) is 0 Å². The second-order valence-corrected chi connectivity index (χ2v) is 9.28. The third-order valence-electron chi connectivity index (χ3n) is 6.15. The van der Waals surface area contributed by atoms with Crippen LogP contribution < -0.4 is 30.7 Å². The zero-order valence-electron chi connectivity index (χ0n) is 23.2. The number of carbonyl (C=O) groups is 2. The molecule has 2 heterocycles. The van der Waals surface area contributed by atoms with E-state index in [1.807, 2.05) is 13.2 Å². The number of methoxy groups -OCH3 is 1. The van der Waals surface area contributed by atoms with E-state index in [9.17, 15) is 14.7 Å². The molecule has 0 bridgehead atoms. The molecular formula is C28H34N8O5. The maximum Gasteiger partial charge on any atom is 0.341 e.